The van der Waals surface area contributed by atoms with Gasteiger partial charge in [0.05, 0.1) is 11.0 Å². The van der Waals surface area contributed by atoms with Crippen LogP contribution in [0.4, 0.5) is 0 Å². The highest BCUT2D eigenvalue weighted by molar-refractivity contribution is 7.26. The van der Waals surface area contributed by atoms with Gasteiger partial charge in [0.2, 0.25) is 0 Å². The average molecular weight is 726 g/mol. The summed E-state index contributed by atoms with van der Waals surface area (Å²) in [5.41, 5.74) is 8.64. The summed E-state index contributed by atoms with van der Waals surface area (Å²) in [6.45, 7) is 0. The molecule has 56 heavy (non-hydrogen) atoms. The van der Waals surface area contributed by atoms with Crippen molar-refractivity contribution in [2.75, 3.05) is 0 Å². The summed E-state index contributed by atoms with van der Waals surface area (Å²) >= 11 is 1.90. The van der Waals surface area contributed by atoms with Gasteiger partial charge in [-0.05, 0) is 119 Å². The van der Waals surface area contributed by atoms with E-state index in [0.29, 0.717) is 0 Å². The number of fused-ring (bicyclic) bond motifs is 12. The molecule has 13 aromatic rings. The van der Waals surface area contributed by atoms with Gasteiger partial charge in [0, 0.05) is 36.6 Å². The molecule has 11 aromatic carbocycles. The van der Waals surface area contributed by atoms with Gasteiger partial charge in [-0.3, -0.25) is 0 Å². The maximum absolute atomic E-state index is 2.43. The Labute approximate surface area is 326 Å². The molecule has 13 rings (SSSR count). The zero-order valence-electron chi connectivity index (χ0n) is 30.3. The number of hydrogen-bond acceptors (Lipinski definition) is 1. The van der Waals surface area contributed by atoms with E-state index in [1.165, 1.54) is 124 Å². The molecule has 0 spiro atoms. The van der Waals surface area contributed by atoms with Crippen molar-refractivity contribution in [1.82, 2.24) is 4.57 Å². The summed E-state index contributed by atoms with van der Waals surface area (Å²) in [5.74, 6) is 0. The van der Waals surface area contributed by atoms with Crippen LogP contribution in [0.5, 0.6) is 0 Å². The molecule has 0 aliphatic heterocycles. The van der Waals surface area contributed by atoms with Crippen LogP contribution < -0.4 is 0 Å². The van der Waals surface area contributed by atoms with E-state index in [-0.39, 0.29) is 0 Å². The van der Waals surface area contributed by atoms with Crippen molar-refractivity contribution in [1.29, 1.82) is 0 Å². The zero-order valence-corrected chi connectivity index (χ0v) is 31.1. The lowest BCUT2D eigenvalue weighted by Crippen LogP contribution is -1.93. The number of thiophene rings is 1. The zero-order chi connectivity index (χ0) is 36.5. The van der Waals surface area contributed by atoms with E-state index in [4.69, 9.17) is 0 Å². The minimum atomic E-state index is 1.19. The largest absolute Gasteiger partial charge is 0.309 e. The number of nitrogens with zero attached hydrogens (tertiary/aromatic N) is 1. The van der Waals surface area contributed by atoms with Crippen molar-refractivity contribution in [2.45, 2.75) is 0 Å². The van der Waals surface area contributed by atoms with Gasteiger partial charge in [-0.25, -0.2) is 0 Å². The second-order valence-electron chi connectivity index (χ2n) is 15.2. The van der Waals surface area contributed by atoms with Crippen LogP contribution in [0.1, 0.15) is 0 Å². The van der Waals surface area contributed by atoms with Crippen LogP contribution in [0.3, 0.4) is 0 Å². The Kier molecular flexibility index (Phi) is 6.11. The van der Waals surface area contributed by atoms with Crippen LogP contribution in [-0.4, -0.2) is 4.57 Å². The number of benzene rings is 11. The molecule has 0 bridgehead atoms. The van der Waals surface area contributed by atoms with Gasteiger partial charge < -0.3 is 4.57 Å². The molecule has 0 unspecified atom stereocenters. The van der Waals surface area contributed by atoms with E-state index in [1.807, 2.05) is 11.3 Å². The van der Waals surface area contributed by atoms with Crippen LogP contribution in [0.15, 0.2) is 188 Å². The lowest BCUT2D eigenvalue weighted by atomic mass is 9.85. The molecule has 0 saturated heterocycles. The molecule has 0 atom stereocenters. The third-order valence-corrected chi connectivity index (χ3v) is 13.5. The van der Waals surface area contributed by atoms with Crippen molar-refractivity contribution in [3.63, 3.8) is 0 Å². The molecular formula is C54H31NS. The fraction of sp³-hybridized carbons (Fsp3) is 0. The van der Waals surface area contributed by atoms with E-state index in [0.717, 1.165) is 0 Å². The molecule has 0 amide bonds. The average Bonchev–Trinajstić information content (AvgIpc) is 3.81. The maximum Gasteiger partial charge on any atom is 0.0541 e. The first-order valence-electron chi connectivity index (χ1n) is 19.3. The molecule has 258 valence electrons. The molecule has 2 heteroatoms. The molecular weight excluding hydrogens is 695 g/mol. The van der Waals surface area contributed by atoms with Crippen LogP contribution in [0.25, 0.3) is 124 Å². The third-order valence-electron chi connectivity index (χ3n) is 12.3. The smallest absolute Gasteiger partial charge is 0.0541 e. The van der Waals surface area contributed by atoms with Gasteiger partial charge in [0.15, 0.2) is 0 Å². The Bertz CT molecular complexity index is 3710. The van der Waals surface area contributed by atoms with Gasteiger partial charge in [0.25, 0.3) is 0 Å². The normalized spacial score (nSPS) is 12.3. The number of aromatic nitrogens is 1. The third kappa shape index (κ3) is 4.09. The van der Waals surface area contributed by atoms with E-state index in [2.05, 4.69) is 193 Å². The van der Waals surface area contributed by atoms with Crippen molar-refractivity contribution in [3.05, 3.63) is 188 Å². The Hall–Kier alpha value is -7.00. The summed E-state index contributed by atoms with van der Waals surface area (Å²) in [6, 6.07) is 70.1. The van der Waals surface area contributed by atoms with Crippen molar-refractivity contribution in [3.8, 4) is 27.9 Å². The van der Waals surface area contributed by atoms with E-state index < -0.39 is 0 Å². The predicted octanol–water partition coefficient (Wildman–Crippen LogP) is 15.7. The van der Waals surface area contributed by atoms with Crippen LogP contribution in [0, 0.1) is 0 Å². The molecule has 0 radical (unpaired) electrons. The highest BCUT2D eigenvalue weighted by atomic mass is 32.1. The Morgan fingerprint density at radius 3 is 1.52 bits per heavy atom. The quantitative estimate of drug-likeness (QED) is 0.126. The fourth-order valence-electron chi connectivity index (χ4n) is 9.90. The van der Waals surface area contributed by atoms with E-state index >= 15 is 0 Å². The standard InChI is InChI=1S/C54H31NS/c1-2-14-38-37(13-1)42-18-9-20-44-39-27-25-33(30-47(39)45-21-10-19-43(38)53(45)52(42)44)32-11-7-12-34(29-32)36-17-8-22-46-48-31-35(26-28-51(48)56-54(36)46)55-49-23-5-3-15-40(49)41-16-4-6-24-50(41)55/h1-31H. The van der Waals surface area contributed by atoms with Crippen molar-refractivity contribution < 1.29 is 0 Å². The molecule has 0 aliphatic rings. The van der Waals surface area contributed by atoms with Crippen LogP contribution in [0.2, 0.25) is 0 Å². The number of para-hydroxylation sites is 2. The summed E-state index contributed by atoms with van der Waals surface area (Å²) in [7, 11) is 0. The fourth-order valence-corrected chi connectivity index (χ4v) is 11.1. The Morgan fingerprint density at radius 1 is 0.304 bits per heavy atom. The molecule has 0 N–H and O–H groups in total. The Balaban J connectivity index is 0.973. The maximum atomic E-state index is 2.43. The first-order valence-corrected chi connectivity index (χ1v) is 20.2. The summed E-state index contributed by atoms with van der Waals surface area (Å²) in [4.78, 5) is 0. The minimum absolute atomic E-state index is 1.19. The summed E-state index contributed by atoms with van der Waals surface area (Å²) < 4.78 is 5.05. The second kappa shape index (κ2) is 11.3. The first-order chi connectivity index (χ1) is 27.8. The van der Waals surface area contributed by atoms with E-state index in [1.54, 1.807) is 0 Å². The molecule has 2 aromatic heterocycles. The lowest BCUT2D eigenvalue weighted by Gasteiger charge is -2.18. The first kappa shape index (κ1) is 30.3. The molecule has 0 fully saturated rings. The van der Waals surface area contributed by atoms with Gasteiger partial charge in [-0.2, -0.15) is 0 Å². The summed E-state index contributed by atoms with van der Waals surface area (Å²) in [5, 5.41) is 18.5. The van der Waals surface area contributed by atoms with Crippen LogP contribution >= 0.6 is 11.3 Å². The van der Waals surface area contributed by atoms with Crippen LogP contribution in [-0.2, 0) is 0 Å². The van der Waals surface area contributed by atoms with Crippen molar-refractivity contribution >= 4 is 107 Å². The van der Waals surface area contributed by atoms with Crippen molar-refractivity contribution in [2.24, 2.45) is 0 Å². The molecule has 2 heterocycles. The van der Waals surface area contributed by atoms with Gasteiger partial charge in [-0.1, -0.05) is 146 Å². The minimum Gasteiger partial charge on any atom is -0.309 e. The lowest BCUT2D eigenvalue weighted by molar-refractivity contribution is 1.19. The Morgan fingerprint density at radius 2 is 0.821 bits per heavy atom. The number of rotatable bonds is 3. The molecule has 0 aliphatic carbocycles. The van der Waals surface area contributed by atoms with Gasteiger partial charge >= 0.3 is 0 Å². The predicted molar refractivity (Wildman–Crippen MR) is 243 cm³/mol. The topological polar surface area (TPSA) is 4.93 Å². The number of hydrogen-bond donors (Lipinski definition) is 0. The highest BCUT2D eigenvalue weighted by Gasteiger charge is 2.18. The van der Waals surface area contributed by atoms with E-state index in [9.17, 15) is 0 Å². The van der Waals surface area contributed by atoms with Gasteiger partial charge in [-0.15, -0.1) is 11.3 Å². The second-order valence-corrected chi connectivity index (χ2v) is 16.2. The SMILES string of the molecule is c1cc(-c2ccc3c(c2)c2cccc4c5ccccc5c5cccc3c5c42)cc(-c2cccc3c2sc2ccc(-n4c5ccccc5c5ccccc54)cc23)c1. The molecule has 1 nitrogen and oxygen atoms in total. The molecule has 0 saturated carbocycles. The summed E-state index contributed by atoms with van der Waals surface area (Å²) in [6.07, 6.45) is 0. The highest BCUT2D eigenvalue weighted by Crippen LogP contribution is 2.46. The monoisotopic (exact) mass is 725 g/mol. The van der Waals surface area contributed by atoms with Gasteiger partial charge in [0.1, 0.15) is 0 Å².